The number of pyridine rings is 1. The van der Waals surface area contributed by atoms with Crippen molar-refractivity contribution in [3.8, 4) is 11.1 Å². The normalized spacial score (nSPS) is 12.8. The minimum atomic E-state index is -1.84. The highest BCUT2D eigenvalue weighted by Gasteiger charge is 2.17. The average Bonchev–Trinajstić information content (AvgIpc) is 2.88. The van der Waals surface area contributed by atoms with Crippen LogP contribution in [0.2, 0.25) is 0 Å². The summed E-state index contributed by atoms with van der Waals surface area (Å²) in [5.74, 6) is 3.59. The van der Waals surface area contributed by atoms with Crippen molar-refractivity contribution in [3.63, 3.8) is 0 Å². The van der Waals surface area contributed by atoms with Crippen LogP contribution >= 0.6 is 15.9 Å². The Kier molecular flexibility index (Phi) is 7.37. The molecule has 0 spiro atoms. The van der Waals surface area contributed by atoms with Gasteiger partial charge in [0, 0.05) is 21.6 Å². The van der Waals surface area contributed by atoms with Crippen LogP contribution in [0, 0.1) is 0 Å². The van der Waals surface area contributed by atoms with Gasteiger partial charge >= 0.3 is 0 Å². The summed E-state index contributed by atoms with van der Waals surface area (Å²) in [4.78, 5) is 17.1. The first-order valence-corrected chi connectivity index (χ1v) is 12.2. The lowest BCUT2D eigenvalue weighted by Gasteiger charge is -2.12. The molecular weight excluding hydrogens is 535 g/mol. The second-order valence-electron chi connectivity index (χ2n) is 7.55. The third kappa shape index (κ3) is 5.15. The Morgan fingerprint density at radius 3 is 2.63 bits per heavy atom. The van der Waals surface area contributed by atoms with E-state index in [1.165, 1.54) is 6.92 Å². The minimum absolute atomic E-state index is 0.165. The number of nitrogens with zero attached hydrogens (tertiary/aromatic N) is 1. The summed E-state index contributed by atoms with van der Waals surface area (Å²) in [5.41, 5.74) is 8.32. The van der Waals surface area contributed by atoms with Crippen LogP contribution in [0.5, 0.6) is 0 Å². The van der Waals surface area contributed by atoms with Crippen molar-refractivity contribution in [1.82, 2.24) is 4.98 Å². The molecule has 1 atom stereocenters. The Bertz CT molecular complexity index is 1510. The standard InChI is InChI=1S/C25H20BrFN4O3S/c1-14(16-7-6-15-10-11-30-24(28)19(15)12-16)23(27)25(32)31-21-9-8-17(13-20(21)26)18-4-2-3-5-22(18)35(33)34-29/h2-13H,29H2,1H3,(H2,28,30)(H,31,32). The van der Waals surface area contributed by atoms with Gasteiger partial charge in [-0.25, -0.2) is 13.6 Å². The van der Waals surface area contributed by atoms with Gasteiger partial charge in [-0.3, -0.25) is 4.79 Å². The Morgan fingerprint density at radius 2 is 1.89 bits per heavy atom. The fourth-order valence-electron chi connectivity index (χ4n) is 3.58. The van der Waals surface area contributed by atoms with Crippen molar-refractivity contribution < 1.29 is 17.7 Å². The van der Waals surface area contributed by atoms with E-state index in [0.717, 1.165) is 5.39 Å². The van der Waals surface area contributed by atoms with Gasteiger partial charge in [-0.15, -0.1) is 0 Å². The van der Waals surface area contributed by atoms with Gasteiger partial charge in [-0.1, -0.05) is 36.4 Å². The zero-order valence-corrected chi connectivity index (χ0v) is 20.8. The Hall–Kier alpha value is -3.44. The van der Waals surface area contributed by atoms with Crippen LogP contribution in [0.1, 0.15) is 12.5 Å². The molecule has 0 fully saturated rings. The average molecular weight is 555 g/mol. The summed E-state index contributed by atoms with van der Waals surface area (Å²) in [5, 5.41) is 4.12. The van der Waals surface area contributed by atoms with Gasteiger partial charge in [0.1, 0.15) is 5.82 Å². The second kappa shape index (κ2) is 10.4. The van der Waals surface area contributed by atoms with E-state index in [9.17, 15) is 9.00 Å². The number of carbonyl (C=O) groups excluding carboxylic acids is 1. The molecule has 5 N–H and O–H groups in total. The highest BCUT2D eigenvalue weighted by atomic mass is 79.9. The van der Waals surface area contributed by atoms with Crippen molar-refractivity contribution in [2.75, 3.05) is 11.1 Å². The van der Waals surface area contributed by atoms with Crippen LogP contribution in [0.3, 0.4) is 0 Å². The number of halogens is 2. The predicted molar refractivity (Wildman–Crippen MR) is 140 cm³/mol. The number of nitrogens with two attached hydrogens (primary N) is 2. The number of hydrogen-bond donors (Lipinski definition) is 3. The molecule has 0 aliphatic rings. The third-order valence-corrected chi connectivity index (χ3v) is 6.99. The molecule has 10 heteroatoms. The Balaban J connectivity index is 1.60. The largest absolute Gasteiger partial charge is 0.383 e. The second-order valence-corrected chi connectivity index (χ2v) is 9.50. The zero-order valence-electron chi connectivity index (χ0n) is 18.4. The molecule has 1 heterocycles. The molecule has 4 rings (SSSR count). The molecule has 0 saturated carbocycles. The summed E-state index contributed by atoms with van der Waals surface area (Å²) < 4.78 is 32.1. The van der Waals surface area contributed by atoms with Gasteiger partial charge < -0.3 is 11.1 Å². The lowest BCUT2D eigenvalue weighted by molar-refractivity contribution is -0.114. The van der Waals surface area contributed by atoms with Crippen LogP contribution in [0.15, 0.2) is 88.1 Å². The van der Waals surface area contributed by atoms with Crippen LogP contribution < -0.4 is 16.9 Å². The Labute approximate surface area is 211 Å². The maximum Gasteiger partial charge on any atom is 0.284 e. The summed E-state index contributed by atoms with van der Waals surface area (Å²) in [7, 11) is 0. The van der Waals surface area contributed by atoms with Crippen molar-refractivity contribution >= 4 is 60.8 Å². The van der Waals surface area contributed by atoms with Crippen LogP contribution in [-0.2, 0) is 20.2 Å². The molecule has 7 nitrogen and oxygen atoms in total. The highest BCUT2D eigenvalue weighted by molar-refractivity contribution is 9.10. The number of aromatic nitrogens is 1. The number of amides is 1. The molecule has 0 aliphatic heterocycles. The lowest BCUT2D eigenvalue weighted by atomic mass is 10.0. The van der Waals surface area contributed by atoms with Gasteiger partial charge in [0.05, 0.1) is 10.6 Å². The lowest BCUT2D eigenvalue weighted by Crippen LogP contribution is -2.13. The molecule has 3 aromatic carbocycles. The van der Waals surface area contributed by atoms with Crippen molar-refractivity contribution in [3.05, 3.63) is 88.8 Å². The van der Waals surface area contributed by atoms with Gasteiger partial charge in [0.25, 0.3) is 5.91 Å². The maximum atomic E-state index is 15.1. The van der Waals surface area contributed by atoms with Crippen LogP contribution in [-0.4, -0.2) is 15.1 Å². The summed E-state index contributed by atoms with van der Waals surface area (Å²) in [6.07, 6.45) is 1.60. The first-order valence-electron chi connectivity index (χ1n) is 10.3. The molecule has 4 aromatic rings. The van der Waals surface area contributed by atoms with E-state index < -0.39 is 22.8 Å². The zero-order chi connectivity index (χ0) is 25.1. The van der Waals surface area contributed by atoms with E-state index in [4.69, 9.17) is 11.6 Å². The number of anilines is 2. The van der Waals surface area contributed by atoms with Gasteiger partial charge in [-0.2, -0.15) is 10.2 Å². The number of fused-ring (bicyclic) bond motifs is 1. The van der Waals surface area contributed by atoms with Crippen molar-refractivity contribution in [2.45, 2.75) is 11.8 Å². The molecule has 0 saturated heterocycles. The first-order chi connectivity index (χ1) is 16.8. The monoisotopic (exact) mass is 554 g/mol. The smallest absolute Gasteiger partial charge is 0.284 e. The van der Waals surface area contributed by atoms with Crippen molar-refractivity contribution in [1.29, 1.82) is 0 Å². The van der Waals surface area contributed by atoms with E-state index in [1.54, 1.807) is 72.9 Å². The number of rotatable bonds is 6. The van der Waals surface area contributed by atoms with E-state index in [-0.39, 0.29) is 5.57 Å². The van der Waals surface area contributed by atoms with E-state index >= 15 is 4.39 Å². The third-order valence-electron chi connectivity index (χ3n) is 5.44. The first kappa shape index (κ1) is 24.7. The fourth-order valence-corrected chi connectivity index (χ4v) is 4.72. The number of hydrogen-bond acceptors (Lipinski definition) is 6. The molecule has 178 valence electrons. The number of nitrogen functional groups attached to an aromatic ring is 1. The fraction of sp³-hybridized carbons (Fsp3) is 0.0400. The maximum absolute atomic E-state index is 15.1. The van der Waals surface area contributed by atoms with E-state index in [2.05, 4.69) is 30.5 Å². The number of carbonyl (C=O) groups is 1. The molecule has 1 amide bonds. The van der Waals surface area contributed by atoms with Gasteiger partial charge in [-0.05, 0) is 75.3 Å². The molecule has 0 aliphatic carbocycles. The predicted octanol–water partition coefficient (Wildman–Crippen LogP) is 5.50. The van der Waals surface area contributed by atoms with Crippen LogP contribution in [0.25, 0.3) is 27.5 Å². The quantitative estimate of drug-likeness (QED) is 0.214. The molecular formula is C25H20BrFN4O3S. The van der Waals surface area contributed by atoms with E-state index in [0.29, 0.717) is 43.0 Å². The SMILES string of the molecule is CC(=C(F)C(=O)Nc1ccc(-c2ccccc2S(=O)ON)cc1Br)c1ccc2ccnc(N)c2c1. The molecule has 0 radical (unpaired) electrons. The van der Waals surface area contributed by atoms with E-state index in [1.807, 2.05) is 0 Å². The summed E-state index contributed by atoms with van der Waals surface area (Å²) in [6, 6.07) is 19.0. The number of benzene rings is 3. The molecule has 1 aromatic heterocycles. The molecule has 1 unspecified atom stereocenters. The summed E-state index contributed by atoms with van der Waals surface area (Å²) >= 11 is 1.57. The topological polar surface area (TPSA) is 120 Å². The molecule has 35 heavy (non-hydrogen) atoms. The minimum Gasteiger partial charge on any atom is -0.383 e. The summed E-state index contributed by atoms with van der Waals surface area (Å²) in [6.45, 7) is 1.53. The number of nitrogens with one attached hydrogen (secondary N) is 1. The number of allylic oxidation sites excluding steroid dienone is 1. The Morgan fingerprint density at radius 1 is 1.11 bits per heavy atom. The van der Waals surface area contributed by atoms with Gasteiger partial charge in [0.15, 0.2) is 5.83 Å². The highest BCUT2D eigenvalue weighted by Crippen LogP contribution is 2.33. The van der Waals surface area contributed by atoms with Crippen LogP contribution in [0.4, 0.5) is 15.9 Å². The molecule has 0 bridgehead atoms. The van der Waals surface area contributed by atoms with Gasteiger partial charge in [0.2, 0.25) is 11.1 Å². The van der Waals surface area contributed by atoms with Crippen molar-refractivity contribution in [2.24, 2.45) is 5.90 Å².